The normalized spacial score (nSPS) is 15.9. The molecule has 34 nitrogen and oxygen atoms in total. The number of allylic oxidation sites excluding steroid dienone is 1. The highest BCUT2D eigenvalue weighted by Gasteiger charge is 2.57. The maximum Gasteiger partial charge on any atom is 0.390 e. The van der Waals surface area contributed by atoms with Crippen molar-refractivity contribution in [2.45, 2.75) is 170 Å². The molecule has 0 bridgehead atoms. The lowest BCUT2D eigenvalue weighted by Crippen LogP contribution is -2.36. The van der Waals surface area contributed by atoms with Crippen LogP contribution in [-0.2, 0) is 154 Å². The molecule has 2 aliphatic carbocycles. The minimum atomic E-state index is -4.26. The number of aryl methyl sites for hydroxylation is 5. The number of rotatable bonds is 24. The van der Waals surface area contributed by atoms with E-state index in [1.807, 2.05) is 188 Å². The fourth-order valence-corrected chi connectivity index (χ4v) is 19.2. The van der Waals surface area contributed by atoms with Crippen LogP contribution in [0.2, 0.25) is 0 Å². The standard InChI is InChI=1S/C22H24F2N6O.C22H26N6O2.C21H23F3N6O.C21H24N6O.C18H21BrN4O/c1-14(31)29-7-6-20-19(13-29)21(27-30(20)12-17-9-22(17,23)24)26-18-5-3-4-15(8-18)16-10-25-28(2)11-16;1-15(29)27-7-6-21-20(12-27)22(25-28(21)10-16-13-30-14-16)24-19-5-3-4-17(8-19)18-9-23-26(2)11-18;1-14(31)29-8-6-19-18(13-29)20(27-30(19)9-7-21(22,23)24)26-17-5-3-4-15(10-17)16-11-25-28(2)12-16;1-4-9-27-20-8-10-26(15(2)28)14-19(20)21(24-27)23-18-7-5-6-16(11-18)17-12-22-25(3)13-17;1-12(24)22-9-8-17-16(11-22)18(21-23(17)10-13-2-3-13)20-15-6-4-14(19)5-7-15/h3-5,8,10-11,17H,6-7,9,12-13H2,1-2H3,(H,26,27);3-5,8-9,11,16H,6-7,10,12-14H2,1-2H3,(H,24,25);3-5,10-12H,6-9,13H2,1-2H3,(H,26,27);4-7,11-13H,1,8-10,14H2,2-3H3,(H,23,24);4-7,13H,2-3,8-11H2,1H3,(H,20,21). The van der Waals surface area contributed by atoms with Gasteiger partial charge in [-0.05, 0) is 114 Å². The van der Waals surface area contributed by atoms with E-state index in [9.17, 15) is 45.9 Å². The number of carbonyl (C=O) groups is 5. The summed E-state index contributed by atoms with van der Waals surface area (Å²) in [5, 5.41) is 57.5. The van der Waals surface area contributed by atoms with Gasteiger partial charge in [0.25, 0.3) is 5.92 Å². The molecule has 14 aromatic rings. The zero-order valence-electron chi connectivity index (χ0n) is 82.1. The van der Waals surface area contributed by atoms with E-state index < -0.39 is 24.4 Å². The number of anilines is 10. The molecule has 1 unspecified atom stereocenters. The van der Waals surface area contributed by atoms with Crippen molar-refractivity contribution in [2.75, 3.05) is 72.5 Å². The van der Waals surface area contributed by atoms with Gasteiger partial charge in [0.05, 0.1) is 90.2 Å². The van der Waals surface area contributed by atoms with Crippen molar-refractivity contribution >= 4 is 103 Å². The van der Waals surface area contributed by atoms with Crippen LogP contribution in [0.5, 0.6) is 0 Å². The minimum absolute atomic E-state index is 0.00310. The Balaban J connectivity index is 0.000000119. The number of hydrogen-bond acceptors (Lipinski definition) is 20. The zero-order valence-corrected chi connectivity index (χ0v) is 83.7. The molecule has 1 atom stereocenters. The molecule has 2 saturated carbocycles. The number of fused-ring (bicyclic) bond motifs is 5. The molecular formula is C104H118BrF5N28O6. The molecule has 752 valence electrons. The summed E-state index contributed by atoms with van der Waals surface area (Å²) in [7, 11) is 7.53. The van der Waals surface area contributed by atoms with Crippen molar-refractivity contribution in [3.8, 4) is 44.5 Å². The predicted molar refractivity (Wildman–Crippen MR) is 541 cm³/mol. The number of ether oxygens (including phenoxy) is 1. The smallest absolute Gasteiger partial charge is 0.381 e. The number of carbonyl (C=O) groups excluding carboxylic acids is 5. The fourth-order valence-electron chi connectivity index (χ4n) is 18.9. The number of alkyl halides is 5. The summed E-state index contributed by atoms with van der Waals surface area (Å²) in [4.78, 5) is 68.5. The quantitative estimate of drug-likeness (QED) is 0.0277. The van der Waals surface area contributed by atoms with Crippen LogP contribution < -0.4 is 26.6 Å². The van der Waals surface area contributed by atoms with Crippen LogP contribution in [0.15, 0.2) is 188 Å². The largest absolute Gasteiger partial charge is 0.390 e. The number of halogens is 6. The van der Waals surface area contributed by atoms with Crippen LogP contribution in [-0.4, -0.2) is 200 Å². The summed E-state index contributed by atoms with van der Waals surface area (Å²) in [6.45, 7) is 21.7. The topological polar surface area (TPSA) is 331 Å². The van der Waals surface area contributed by atoms with Gasteiger partial charge >= 0.3 is 6.18 Å². The third kappa shape index (κ3) is 23.9. The lowest BCUT2D eigenvalue weighted by molar-refractivity contribution is -0.137. The van der Waals surface area contributed by atoms with Gasteiger partial charge in [-0.1, -0.05) is 70.5 Å². The van der Waals surface area contributed by atoms with E-state index in [1.54, 1.807) is 73.3 Å². The highest BCUT2D eigenvalue weighted by Crippen LogP contribution is 2.50. The molecule has 0 radical (unpaired) electrons. The first-order valence-corrected chi connectivity index (χ1v) is 49.3. The van der Waals surface area contributed by atoms with Crippen LogP contribution in [0.3, 0.4) is 0 Å². The maximum absolute atomic E-state index is 13.5. The average Bonchev–Trinajstić information content (AvgIpc) is 1.60. The van der Waals surface area contributed by atoms with Crippen LogP contribution in [0.1, 0.15) is 117 Å². The molecule has 9 aromatic heterocycles. The van der Waals surface area contributed by atoms with Crippen LogP contribution in [0.25, 0.3) is 44.5 Å². The Morgan fingerprint density at radius 1 is 0.410 bits per heavy atom. The first-order valence-electron chi connectivity index (χ1n) is 48.5. The average molecular weight is 2030 g/mol. The van der Waals surface area contributed by atoms with Gasteiger partial charge in [-0.3, -0.25) is 66.1 Å². The molecule has 8 aliphatic rings. The number of aromatic nitrogens is 18. The number of nitrogens with one attached hydrogen (secondary N) is 5. The fraction of sp³-hybridized carbons (Fsp3) is 0.385. The molecule has 144 heavy (non-hydrogen) atoms. The van der Waals surface area contributed by atoms with Crippen molar-refractivity contribution in [1.29, 1.82) is 0 Å². The first-order chi connectivity index (χ1) is 69.2. The lowest BCUT2D eigenvalue weighted by Gasteiger charge is -2.29. The summed E-state index contributed by atoms with van der Waals surface area (Å²) in [6.07, 6.45) is 17.9. The van der Waals surface area contributed by atoms with E-state index in [4.69, 9.17) is 20.0 Å². The number of hydrogen-bond donors (Lipinski definition) is 5. The van der Waals surface area contributed by atoms with Crippen molar-refractivity contribution in [2.24, 2.45) is 45.9 Å². The molecule has 5 N–H and O–H groups in total. The number of benzene rings is 5. The Labute approximate surface area is 838 Å². The van der Waals surface area contributed by atoms with E-state index in [-0.39, 0.29) is 49.0 Å². The Kier molecular flexibility index (Phi) is 29.5. The lowest BCUT2D eigenvalue weighted by atomic mass is 10.1. The monoisotopic (exact) mass is 2030 g/mol. The van der Waals surface area contributed by atoms with Crippen molar-refractivity contribution in [1.82, 2.24) is 113 Å². The van der Waals surface area contributed by atoms with Gasteiger partial charge in [0.15, 0.2) is 29.1 Å². The highest BCUT2D eigenvalue weighted by atomic mass is 79.9. The Bertz CT molecular complexity index is 7040. The molecule has 6 aliphatic heterocycles. The van der Waals surface area contributed by atoms with Gasteiger partial charge in [0.2, 0.25) is 29.5 Å². The molecule has 22 rings (SSSR count). The van der Waals surface area contributed by atoms with E-state index in [2.05, 4.69) is 113 Å². The van der Waals surface area contributed by atoms with Crippen molar-refractivity contribution in [3.63, 3.8) is 0 Å². The Hall–Kier alpha value is -14.8. The third-order valence-electron chi connectivity index (χ3n) is 27.2. The SMILES string of the molecule is C=CCn1nc(Nc2cccc(-c3cnn(C)c3)c2)c2c1CCN(C(C)=O)C2.CC(=O)N1CCc2c(c(Nc3ccc(Br)cc3)nn2CC2CC2)C1.CC(=O)N1CCc2c(c(Nc3cccc(-c4cnn(C)c4)c3)nn2CC2CC2(F)F)C1.CC(=O)N1CCc2c(c(Nc3cccc(-c4cnn(C)c4)c3)nn2CC2COC2)C1.CC(=O)N1CCc2c(c(Nc3cccc(-c4cnn(C)c4)c3)nn2CCC(F)(F)F)C1. The molecular weight excluding hydrogens is 1910 g/mol. The van der Waals surface area contributed by atoms with Gasteiger partial charge < -0.3 is 55.8 Å². The molecule has 0 spiro atoms. The Morgan fingerprint density at radius 2 is 0.701 bits per heavy atom. The van der Waals surface area contributed by atoms with Crippen LogP contribution in [0.4, 0.5) is 79.5 Å². The van der Waals surface area contributed by atoms with Gasteiger partial charge in [0.1, 0.15) is 0 Å². The summed E-state index contributed by atoms with van der Waals surface area (Å²) in [5.74, 6) is 1.90. The Morgan fingerprint density at radius 3 is 0.979 bits per heavy atom. The summed E-state index contributed by atoms with van der Waals surface area (Å²) < 4.78 is 88.3. The van der Waals surface area contributed by atoms with Gasteiger partial charge in [-0.25, -0.2) is 8.78 Å². The van der Waals surface area contributed by atoms with E-state index >= 15 is 0 Å². The molecule has 3 fully saturated rings. The summed E-state index contributed by atoms with van der Waals surface area (Å²) >= 11 is 3.46. The summed E-state index contributed by atoms with van der Waals surface area (Å²) in [5.41, 5.74) is 23.1. The number of nitrogens with zero attached hydrogens (tertiary/aromatic N) is 23. The van der Waals surface area contributed by atoms with E-state index in [1.165, 1.54) is 47.1 Å². The van der Waals surface area contributed by atoms with Gasteiger partial charge in [-0.15, -0.1) is 6.58 Å². The van der Waals surface area contributed by atoms with Crippen molar-refractivity contribution < 1.29 is 50.7 Å². The van der Waals surface area contributed by atoms with E-state index in [0.717, 1.165) is 200 Å². The maximum atomic E-state index is 13.5. The molecule has 40 heteroatoms. The molecule has 5 amide bonds. The van der Waals surface area contributed by atoms with Gasteiger partial charge in [-0.2, -0.15) is 59.1 Å². The van der Waals surface area contributed by atoms with Gasteiger partial charge in [0, 0.05) is 302 Å². The summed E-state index contributed by atoms with van der Waals surface area (Å²) in [6, 6.07) is 40.0. The van der Waals surface area contributed by atoms with Crippen LogP contribution >= 0.6 is 15.9 Å². The third-order valence-corrected chi connectivity index (χ3v) is 27.7. The predicted octanol–water partition coefficient (Wildman–Crippen LogP) is 16.9. The molecule has 1 saturated heterocycles. The second kappa shape index (κ2) is 42.8. The molecule has 5 aromatic carbocycles. The second-order valence-corrected chi connectivity index (χ2v) is 38.9. The van der Waals surface area contributed by atoms with E-state index in [0.29, 0.717) is 82.8 Å². The van der Waals surface area contributed by atoms with Crippen molar-refractivity contribution in [3.05, 3.63) is 244 Å². The molecule has 15 heterocycles. The number of amides is 5. The van der Waals surface area contributed by atoms with Crippen LogP contribution in [0, 0.1) is 17.8 Å². The highest BCUT2D eigenvalue weighted by molar-refractivity contribution is 9.10. The zero-order chi connectivity index (χ0) is 101. The minimum Gasteiger partial charge on any atom is -0.381 e. The first kappa shape index (κ1) is 99.3. The second-order valence-electron chi connectivity index (χ2n) is 38.0.